The molecule has 0 aliphatic carbocycles. The lowest BCUT2D eigenvalue weighted by molar-refractivity contribution is -1.08. The molecule has 9 heteroatoms. The first kappa shape index (κ1) is 22.4. The maximum atomic E-state index is 13.2. The van der Waals surface area contributed by atoms with Crippen molar-refractivity contribution in [1.82, 2.24) is 0 Å². The maximum Gasteiger partial charge on any atom is 0.326 e. The lowest BCUT2D eigenvalue weighted by Gasteiger charge is -2.55. The van der Waals surface area contributed by atoms with E-state index in [1.165, 1.54) is 14.2 Å². The monoisotopic (exact) mass is 473 g/mol. The normalized spacial score (nSPS) is 28.0. The quantitative estimate of drug-likeness (QED) is 0.645. The van der Waals surface area contributed by atoms with Crippen LogP contribution in [0.1, 0.15) is 19.4 Å². The average molecular weight is 474 g/mol. The minimum absolute atomic E-state index is 0.151. The van der Waals surface area contributed by atoms with E-state index in [1.807, 2.05) is 26.0 Å². The van der Waals surface area contributed by atoms with Gasteiger partial charge < -0.3 is 14.7 Å². The molecule has 0 saturated carbocycles. The molecule has 0 radical (unpaired) electrons. The van der Waals surface area contributed by atoms with Gasteiger partial charge in [-0.2, -0.15) is 8.42 Å². The molecule has 1 amide bonds. The van der Waals surface area contributed by atoms with E-state index < -0.39 is 10.2 Å². The van der Waals surface area contributed by atoms with Crippen molar-refractivity contribution >= 4 is 38.3 Å². The standard InChI is InChI=1S/C24H34N5O3S/c1-18(2)27-21-8-7-19-5-4-6-20(23(19)24(21)26(3)33(27,31)32)9-10-28-11-14-29(15-12-28,16-13-28)17-22(25)30/h4-8,18H,9-17H2,1-3H3,(H-,25,30)/q+1/p+1. The predicted molar refractivity (Wildman–Crippen MR) is 131 cm³/mol. The fourth-order valence-electron chi connectivity index (χ4n) is 6.25. The Morgan fingerprint density at radius 2 is 1.67 bits per heavy atom. The van der Waals surface area contributed by atoms with E-state index in [0.29, 0.717) is 6.54 Å². The molecule has 3 fully saturated rings. The van der Waals surface area contributed by atoms with E-state index in [2.05, 4.69) is 18.2 Å². The third-order valence-corrected chi connectivity index (χ3v) is 10.2. The number of benzene rings is 2. The summed E-state index contributed by atoms with van der Waals surface area (Å²) in [7, 11) is -1.91. The summed E-state index contributed by atoms with van der Waals surface area (Å²) in [5.74, 6) is -0.198. The highest BCUT2D eigenvalue weighted by Crippen LogP contribution is 2.47. The number of carbonyl (C=O) groups is 1. The lowest BCUT2D eigenvalue weighted by Crippen LogP contribution is -2.76. The number of hydrogen-bond acceptors (Lipinski definition) is 3. The van der Waals surface area contributed by atoms with Gasteiger partial charge in [-0.05, 0) is 30.9 Å². The summed E-state index contributed by atoms with van der Waals surface area (Å²) in [5.41, 5.74) is 8.29. The molecule has 2 bridgehead atoms. The second-order valence-electron chi connectivity index (χ2n) is 10.4. The van der Waals surface area contributed by atoms with Crippen LogP contribution < -0.4 is 14.3 Å². The van der Waals surface area contributed by atoms with Crippen molar-refractivity contribution in [1.29, 1.82) is 0 Å². The summed E-state index contributed by atoms with van der Waals surface area (Å²) < 4.78 is 31.3. The first-order valence-corrected chi connectivity index (χ1v) is 13.3. The molecule has 178 valence electrons. The van der Waals surface area contributed by atoms with Gasteiger partial charge in [-0.25, -0.2) is 4.31 Å². The number of rotatable bonds is 6. The lowest BCUT2D eigenvalue weighted by atomic mass is 9.97. The smallest absolute Gasteiger partial charge is 0.326 e. The number of nitrogens with zero attached hydrogens (tertiary/aromatic N) is 4. The van der Waals surface area contributed by atoms with E-state index in [0.717, 1.165) is 83.3 Å². The van der Waals surface area contributed by atoms with Crippen LogP contribution in [0, 0.1) is 0 Å². The van der Waals surface area contributed by atoms with Crippen LogP contribution in [0.3, 0.4) is 0 Å². The number of nitrogens with two attached hydrogens (primary N) is 1. The molecule has 0 spiro atoms. The Bertz CT molecular complexity index is 1200. The molecular formula is C24H35N5O3S+2. The summed E-state index contributed by atoms with van der Waals surface area (Å²) >= 11 is 0. The van der Waals surface area contributed by atoms with Gasteiger partial charge in [-0.1, -0.05) is 24.3 Å². The fourth-order valence-corrected chi connectivity index (χ4v) is 7.86. The topological polar surface area (TPSA) is 83.7 Å². The van der Waals surface area contributed by atoms with Crippen LogP contribution >= 0.6 is 0 Å². The zero-order valence-electron chi connectivity index (χ0n) is 19.8. The molecule has 2 aromatic carbocycles. The second-order valence-corrected chi connectivity index (χ2v) is 12.3. The minimum atomic E-state index is -3.57. The molecule has 2 N–H and O–H groups in total. The zero-order valence-corrected chi connectivity index (χ0v) is 20.6. The van der Waals surface area contributed by atoms with Crippen LogP contribution in [0.25, 0.3) is 10.8 Å². The van der Waals surface area contributed by atoms with Crippen molar-refractivity contribution in [2.75, 3.05) is 68.0 Å². The summed E-state index contributed by atoms with van der Waals surface area (Å²) in [6, 6.07) is 10.1. The van der Waals surface area contributed by atoms with Gasteiger partial charge in [0.25, 0.3) is 5.91 Å². The molecule has 0 atom stereocenters. The Morgan fingerprint density at radius 3 is 2.27 bits per heavy atom. The SMILES string of the molecule is CC(C)N1c2ccc3cccc(CC[N+]45CC[N+](CC(N)=O)(CC4)CC5)c3c2N(C)S1(=O)=O. The average Bonchev–Trinajstić information content (AvgIpc) is 2.98. The number of amides is 1. The Balaban J connectivity index is 1.46. The Morgan fingerprint density at radius 1 is 1.03 bits per heavy atom. The Kier molecular flexibility index (Phi) is 5.15. The van der Waals surface area contributed by atoms with Gasteiger partial charge in [-0.3, -0.25) is 9.10 Å². The number of hydrogen-bond donors (Lipinski definition) is 1. The van der Waals surface area contributed by atoms with E-state index in [9.17, 15) is 13.2 Å². The van der Waals surface area contributed by atoms with Gasteiger partial charge in [0, 0.05) is 24.9 Å². The molecule has 2 aromatic rings. The molecule has 3 saturated heterocycles. The van der Waals surface area contributed by atoms with E-state index in [1.54, 1.807) is 7.05 Å². The van der Waals surface area contributed by atoms with E-state index in [-0.39, 0.29) is 11.9 Å². The zero-order chi connectivity index (χ0) is 23.6. The number of fused-ring (bicyclic) bond motifs is 6. The molecule has 4 aliphatic rings. The molecule has 8 nitrogen and oxygen atoms in total. The Labute approximate surface area is 196 Å². The molecule has 4 heterocycles. The molecule has 0 aromatic heterocycles. The van der Waals surface area contributed by atoms with Crippen molar-refractivity contribution in [3.8, 4) is 0 Å². The highest BCUT2D eigenvalue weighted by molar-refractivity contribution is 7.94. The maximum absolute atomic E-state index is 13.2. The van der Waals surface area contributed by atoms with Gasteiger partial charge in [0.05, 0.1) is 17.9 Å². The summed E-state index contributed by atoms with van der Waals surface area (Å²) in [6.45, 7) is 11.6. The first-order valence-electron chi connectivity index (χ1n) is 11.9. The minimum Gasteiger partial charge on any atom is -0.365 e. The highest BCUT2D eigenvalue weighted by atomic mass is 32.2. The molecule has 6 rings (SSSR count). The van der Waals surface area contributed by atoms with E-state index >= 15 is 0 Å². The van der Waals surface area contributed by atoms with Gasteiger partial charge in [0.1, 0.15) is 39.3 Å². The molecular weight excluding hydrogens is 438 g/mol. The van der Waals surface area contributed by atoms with Crippen molar-refractivity contribution < 1.29 is 22.2 Å². The van der Waals surface area contributed by atoms with Crippen LogP contribution in [0.4, 0.5) is 11.4 Å². The number of anilines is 2. The molecule has 0 unspecified atom stereocenters. The predicted octanol–water partition coefficient (Wildman–Crippen LogP) is 1.44. The van der Waals surface area contributed by atoms with Gasteiger partial charge in [0.2, 0.25) is 0 Å². The molecule has 33 heavy (non-hydrogen) atoms. The van der Waals surface area contributed by atoms with Crippen LogP contribution in [-0.2, 0) is 21.4 Å². The number of primary amides is 1. The van der Waals surface area contributed by atoms with Crippen LogP contribution in [0.5, 0.6) is 0 Å². The molecule has 4 aliphatic heterocycles. The summed E-state index contributed by atoms with van der Waals surface area (Å²) in [6.07, 6.45) is 0.902. The fraction of sp³-hybridized carbons (Fsp3) is 0.542. The third-order valence-electron chi connectivity index (χ3n) is 8.19. The van der Waals surface area contributed by atoms with Gasteiger partial charge in [0.15, 0.2) is 6.54 Å². The summed E-state index contributed by atoms with van der Waals surface area (Å²) in [4.78, 5) is 11.5. The highest BCUT2D eigenvalue weighted by Gasteiger charge is 2.49. The second kappa shape index (κ2) is 7.58. The van der Waals surface area contributed by atoms with E-state index in [4.69, 9.17) is 5.73 Å². The van der Waals surface area contributed by atoms with Crippen LogP contribution in [-0.4, -0.2) is 88.7 Å². The van der Waals surface area contributed by atoms with Crippen molar-refractivity contribution in [3.63, 3.8) is 0 Å². The summed E-state index contributed by atoms with van der Waals surface area (Å²) in [5, 5.41) is 2.13. The number of quaternary nitrogens is 2. The first-order chi connectivity index (χ1) is 15.6. The van der Waals surface area contributed by atoms with Crippen molar-refractivity contribution in [2.24, 2.45) is 5.73 Å². The largest absolute Gasteiger partial charge is 0.365 e. The third kappa shape index (κ3) is 3.48. The van der Waals surface area contributed by atoms with Crippen molar-refractivity contribution in [3.05, 3.63) is 35.9 Å². The Hall–Kier alpha value is -2.36. The van der Waals surface area contributed by atoms with Gasteiger partial charge in [-0.15, -0.1) is 0 Å². The van der Waals surface area contributed by atoms with Crippen molar-refractivity contribution in [2.45, 2.75) is 26.3 Å². The van der Waals surface area contributed by atoms with Crippen LogP contribution in [0.2, 0.25) is 0 Å². The number of carbonyl (C=O) groups excluding carboxylic acids is 1. The number of piperazine rings is 3. The van der Waals surface area contributed by atoms with Gasteiger partial charge >= 0.3 is 10.2 Å². The van der Waals surface area contributed by atoms with Crippen LogP contribution in [0.15, 0.2) is 30.3 Å².